The van der Waals surface area contributed by atoms with E-state index in [1.54, 1.807) is 24.7 Å². The third-order valence-electron chi connectivity index (χ3n) is 3.55. The number of amides is 1. The van der Waals surface area contributed by atoms with Crippen LogP contribution >= 0.6 is 0 Å². The number of likely N-dealkylation sites (N-methyl/N-ethyl adjacent to an activating group) is 1. The van der Waals surface area contributed by atoms with Crippen molar-refractivity contribution in [3.63, 3.8) is 0 Å². The summed E-state index contributed by atoms with van der Waals surface area (Å²) in [5.41, 5.74) is 2.67. The Morgan fingerprint density at radius 1 is 1.14 bits per heavy atom. The van der Waals surface area contributed by atoms with Crippen LogP contribution in [0.1, 0.15) is 11.8 Å². The molecule has 1 N–H and O–H groups in total. The zero-order valence-corrected chi connectivity index (χ0v) is 12.5. The van der Waals surface area contributed by atoms with Gasteiger partial charge in [-0.05, 0) is 12.1 Å². The lowest BCUT2D eigenvalue weighted by Crippen LogP contribution is -2.29. The van der Waals surface area contributed by atoms with Crippen molar-refractivity contribution < 1.29 is 9.90 Å². The Balaban J connectivity index is 2.24. The van der Waals surface area contributed by atoms with Gasteiger partial charge < -0.3 is 14.4 Å². The number of imidazole rings is 1. The van der Waals surface area contributed by atoms with Crippen molar-refractivity contribution in [1.29, 1.82) is 0 Å². The molecule has 1 amide bonds. The van der Waals surface area contributed by atoms with E-state index in [0.29, 0.717) is 17.0 Å². The van der Waals surface area contributed by atoms with Crippen LogP contribution in [-0.2, 0) is 4.79 Å². The van der Waals surface area contributed by atoms with Crippen molar-refractivity contribution in [2.75, 3.05) is 14.1 Å². The first-order valence-electron chi connectivity index (χ1n) is 7.01. The van der Waals surface area contributed by atoms with Gasteiger partial charge in [-0.3, -0.25) is 4.79 Å². The zero-order chi connectivity index (χ0) is 15.7. The maximum Gasteiger partial charge on any atom is 0.257 e. The number of carbonyl (C=O) groups excluding carboxylic acids is 1. The fourth-order valence-corrected chi connectivity index (χ4v) is 2.45. The van der Waals surface area contributed by atoms with E-state index in [4.69, 9.17) is 0 Å². The van der Waals surface area contributed by atoms with E-state index >= 15 is 0 Å². The Hall–Kier alpha value is -2.66. The average molecular weight is 295 g/mol. The molecule has 5 nitrogen and oxygen atoms in total. The highest BCUT2D eigenvalue weighted by atomic mass is 16.3. The molecule has 22 heavy (non-hydrogen) atoms. The number of nitrogens with zero attached hydrogens (tertiary/aromatic N) is 3. The molecule has 1 atom stereocenters. The molecule has 2 heterocycles. The number of fused-ring (bicyclic) bond motifs is 1. The van der Waals surface area contributed by atoms with Crippen molar-refractivity contribution in [2.24, 2.45) is 0 Å². The molecular weight excluding hydrogens is 278 g/mol. The number of aromatic nitrogens is 2. The molecule has 5 heteroatoms. The molecule has 1 unspecified atom stereocenters. The van der Waals surface area contributed by atoms with Gasteiger partial charge in [0, 0.05) is 25.9 Å². The molecule has 0 fully saturated rings. The lowest BCUT2D eigenvalue weighted by atomic mass is 10.1. The van der Waals surface area contributed by atoms with Gasteiger partial charge in [0.15, 0.2) is 6.10 Å². The maximum atomic E-state index is 12.2. The van der Waals surface area contributed by atoms with Gasteiger partial charge >= 0.3 is 0 Å². The molecule has 0 bridgehead atoms. The fraction of sp³-hybridized carbons (Fsp3) is 0.176. The molecule has 0 spiro atoms. The summed E-state index contributed by atoms with van der Waals surface area (Å²) >= 11 is 0. The second-order valence-corrected chi connectivity index (χ2v) is 5.28. The van der Waals surface area contributed by atoms with Crippen molar-refractivity contribution in [1.82, 2.24) is 14.3 Å². The van der Waals surface area contributed by atoms with Crippen LogP contribution in [0.3, 0.4) is 0 Å². The minimum Gasteiger partial charge on any atom is -0.377 e. The summed E-state index contributed by atoms with van der Waals surface area (Å²) < 4.78 is 1.76. The molecule has 0 aliphatic carbocycles. The summed E-state index contributed by atoms with van der Waals surface area (Å²) in [5.74, 6) is -0.372. The van der Waals surface area contributed by atoms with Crippen LogP contribution in [0, 0.1) is 0 Å². The van der Waals surface area contributed by atoms with Crippen LogP contribution in [0.25, 0.3) is 16.9 Å². The summed E-state index contributed by atoms with van der Waals surface area (Å²) in [7, 11) is 3.24. The van der Waals surface area contributed by atoms with E-state index in [1.807, 2.05) is 48.5 Å². The number of aliphatic hydroxyl groups excluding tert-OH is 1. The quantitative estimate of drug-likeness (QED) is 0.805. The molecule has 3 aromatic rings. The van der Waals surface area contributed by atoms with Gasteiger partial charge in [-0.1, -0.05) is 36.4 Å². The Labute approximate surface area is 128 Å². The average Bonchev–Trinajstić information content (AvgIpc) is 2.93. The highest BCUT2D eigenvalue weighted by Crippen LogP contribution is 2.29. The van der Waals surface area contributed by atoms with E-state index < -0.39 is 6.10 Å². The molecule has 0 aliphatic rings. The van der Waals surface area contributed by atoms with Crippen LogP contribution in [0.2, 0.25) is 0 Å². The summed E-state index contributed by atoms with van der Waals surface area (Å²) in [6, 6.07) is 15.1. The number of carbonyl (C=O) groups is 1. The predicted octanol–water partition coefficient (Wildman–Crippen LogP) is 2.12. The van der Waals surface area contributed by atoms with Crippen LogP contribution in [-0.4, -0.2) is 39.4 Å². The van der Waals surface area contributed by atoms with Crippen molar-refractivity contribution in [3.05, 3.63) is 60.4 Å². The highest BCUT2D eigenvalue weighted by Gasteiger charge is 2.27. The lowest BCUT2D eigenvalue weighted by molar-refractivity contribution is -0.138. The van der Waals surface area contributed by atoms with Gasteiger partial charge in [0.05, 0.1) is 11.4 Å². The van der Waals surface area contributed by atoms with E-state index in [1.165, 1.54) is 4.90 Å². The molecule has 112 valence electrons. The fourth-order valence-electron chi connectivity index (χ4n) is 2.45. The van der Waals surface area contributed by atoms with Crippen LogP contribution in [0.4, 0.5) is 0 Å². The van der Waals surface area contributed by atoms with Crippen molar-refractivity contribution in [3.8, 4) is 11.3 Å². The Bertz CT molecular complexity index is 809. The topological polar surface area (TPSA) is 57.8 Å². The first-order valence-corrected chi connectivity index (χ1v) is 7.01. The second-order valence-electron chi connectivity index (χ2n) is 5.28. The third kappa shape index (κ3) is 2.35. The molecule has 1 aromatic carbocycles. The van der Waals surface area contributed by atoms with Crippen molar-refractivity contribution in [2.45, 2.75) is 6.10 Å². The number of pyridine rings is 1. The Kier molecular flexibility index (Phi) is 3.65. The highest BCUT2D eigenvalue weighted by molar-refractivity contribution is 5.84. The van der Waals surface area contributed by atoms with Gasteiger partial charge in [-0.2, -0.15) is 0 Å². The molecular formula is C17H17N3O2. The number of rotatable bonds is 3. The van der Waals surface area contributed by atoms with Gasteiger partial charge in [0.1, 0.15) is 5.65 Å². The number of hydrogen-bond acceptors (Lipinski definition) is 3. The molecule has 0 radical (unpaired) electrons. The Morgan fingerprint density at radius 2 is 1.82 bits per heavy atom. The second kappa shape index (κ2) is 5.61. The number of benzene rings is 1. The van der Waals surface area contributed by atoms with Gasteiger partial charge in [-0.15, -0.1) is 0 Å². The van der Waals surface area contributed by atoms with E-state index in [0.717, 1.165) is 5.56 Å². The van der Waals surface area contributed by atoms with Crippen molar-refractivity contribution >= 4 is 11.6 Å². The monoisotopic (exact) mass is 295 g/mol. The number of aliphatic hydroxyl groups is 1. The SMILES string of the molecule is CN(C)C(=O)C(O)c1c(-c2ccccc2)nc2ccccn12. The van der Waals surface area contributed by atoms with E-state index in [9.17, 15) is 9.90 Å². The minimum absolute atomic E-state index is 0.372. The third-order valence-corrected chi connectivity index (χ3v) is 3.55. The smallest absolute Gasteiger partial charge is 0.257 e. The zero-order valence-electron chi connectivity index (χ0n) is 12.5. The molecule has 0 saturated heterocycles. The van der Waals surface area contributed by atoms with Crippen LogP contribution in [0.5, 0.6) is 0 Å². The van der Waals surface area contributed by atoms with E-state index in [2.05, 4.69) is 4.98 Å². The van der Waals surface area contributed by atoms with Gasteiger partial charge in [0.2, 0.25) is 0 Å². The lowest BCUT2D eigenvalue weighted by Gasteiger charge is -2.17. The summed E-state index contributed by atoms with van der Waals surface area (Å²) in [5, 5.41) is 10.5. The molecule has 0 aliphatic heterocycles. The minimum atomic E-state index is -1.26. The summed E-state index contributed by atoms with van der Waals surface area (Å²) in [4.78, 5) is 18.2. The molecule has 0 saturated carbocycles. The Morgan fingerprint density at radius 3 is 2.50 bits per heavy atom. The normalized spacial score (nSPS) is 12.3. The first kappa shape index (κ1) is 14.3. The maximum absolute atomic E-state index is 12.2. The molecule has 2 aromatic heterocycles. The largest absolute Gasteiger partial charge is 0.377 e. The van der Waals surface area contributed by atoms with Gasteiger partial charge in [-0.25, -0.2) is 4.98 Å². The molecule has 3 rings (SSSR count). The predicted molar refractivity (Wildman–Crippen MR) is 84.3 cm³/mol. The first-order chi connectivity index (χ1) is 10.6. The summed E-state index contributed by atoms with van der Waals surface area (Å²) in [6.45, 7) is 0. The standard InChI is InChI=1S/C17H17N3O2/c1-19(2)17(22)16(21)15-14(12-8-4-3-5-9-12)18-13-10-6-7-11-20(13)15/h3-11,16,21H,1-2H3. The number of hydrogen-bond donors (Lipinski definition) is 1. The van der Waals surface area contributed by atoms with Crippen LogP contribution < -0.4 is 0 Å². The summed E-state index contributed by atoms with van der Waals surface area (Å²) in [6.07, 6.45) is 0.540. The van der Waals surface area contributed by atoms with Crippen LogP contribution in [0.15, 0.2) is 54.7 Å². The van der Waals surface area contributed by atoms with Gasteiger partial charge in [0.25, 0.3) is 5.91 Å². The van der Waals surface area contributed by atoms with E-state index in [-0.39, 0.29) is 5.91 Å².